The van der Waals surface area contributed by atoms with Gasteiger partial charge in [-0.3, -0.25) is 0 Å². The largest absolute Gasteiger partial charge is 0.454 e. The maximum atomic E-state index is 5.55. The lowest BCUT2D eigenvalue weighted by molar-refractivity contribution is -0.904. The van der Waals surface area contributed by atoms with Crippen LogP contribution < -0.4 is 18.9 Å². The number of H-pyrrole nitrogens is 1. The second-order valence-electron chi connectivity index (χ2n) is 7.78. The second-order valence-corrected chi connectivity index (χ2v) is 7.78. The topological polar surface area (TPSA) is 47.0 Å². The first kappa shape index (κ1) is 16.0. The van der Waals surface area contributed by atoms with Crippen LogP contribution in [0.2, 0.25) is 0 Å². The van der Waals surface area contributed by atoms with Crippen molar-refractivity contribution >= 4 is 16.8 Å². The third kappa shape index (κ3) is 2.48. The quantitative estimate of drug-likeness (QED) is 0.534. The van der Waals surface area contributed by atoms with Crippen molar-refractivity contribution in [3.05, 3.63) is 48.7 Å². The Hall–Kier alpha value is -2.99. The van der Waals surface area contributed by atoms with Crippen LogP contribution in [0, 0.1) is 0 Å². The lowest BCUT2D eigenvalue weighted by Gasteiger charge is -2.10. The highest BCUT2D eigenvalue weighted by Crippen LogP contribution is 2.35. The predicted molar refractivity (Wildman–Crippen MR) is 106 cm³/mol. The first-order valence-electron chi connectivity index (χ1n) is 10.1. The van der Waals surface area contributed by atoms with Crippen molar-refractivity contribution in [2.24, 2.45) is 0 Å². The monoisotopic (exact) mass is 376 g/mol. The average molecular weight is 376 g/mol. The predicted octanol–water partition coefficient (Wildman–Crippen LogP) is 1.78. The van der Waals surface area contributed by atoms with Gasteiger partial charge >= 0.3 is 5.78 Å². The molecule has 0 spiro atoms. The molecule has 4 heterocycles. The molecule has 0 saturated carbocycles. The van der Waals surface area contributed by atoms with Gasteiger partial charge in [0.1, 0.15) is 36.0 Å². The van der Waals surface area contributed by atoms with Crippen molar-refractivity contribution < 1.29 is 18.9 Å². The van der Waals surface area contributed by atoms with Gasteiger partial charge < -0.3 is 14.4 Å². The number of ether oxygens (including phenoxy) is 2. The average Bonchev–Trinajstić information content (AvgIpc) is 3.49. The molecule has 4 aromatic rings. The zero-order valence-corrected chi connectivity index (χ0v) is 15.8. The summed E-state index contributed by atoms with van der Waals surface area (Å²) in [4.78, 5) is 5.38. The van der Waals surface area contributed by atoms with Gasteiger partial charge in [0.05, 0.1) is 13.1 Å². The minimum absolute atomic E-state index is 0.300. The Morgan fingerprint density at radius 2 is 1.89 bits per heavy atom. The number of aromatic amines is 1. The Kier molecular flexibility index (Phi) is 3.59. The number of quaternary nitrogens is 1. The van der Waals surface area contributed by atoms with Crippen molar-refractivity contribution in [1.82, 2.24) is 9.38 Å². The third-order valence-corrected chi connectivity index (χ3v) is 6.10. The number of imidazole rings is 2. The summed E-state index contributed by atoms with van der Waals surface area (Å²) >= 11 is 0. The molecule has 0 amide bonds. The number of hydrogen-bond acceptors (Lipinski definition) is 2. The molecule has 2 aliphatic rings. The summed E-state index contributed by atoms with van der Waals surface area (Å²) in [6, 6.07) is 14.8. The summed E-state index contributed by atoms with van der Waals surface area (Å²) < 4.78 is 15.7. The summed E-state index contributed by atoms with van der Waals surface area (Å²) in [6.45, 7) is 5.11. The molecule has 0 aliphatic carbocycles. The highest BCUT2D eigenvalue weighted by molar-refractivity contribution is 5.77. The number of fused-ring (bicyclic) bond motifs is 4. The van der Waals surface area contributed by atoms with Crippen molar-refractivity contribution in [3.8, 4) is 22.8 Å². The van der Waals surface area contributed by atoms with Gasteiger partial charge in [-0.25, -0.2) is 9.55 Å². The highest BCUT2D eigenvalue weighted by atomic mass is 16.7. The Labute approximate surface area is 162 Å². The number of aromatic nitrogens is 3. The number of hydrogen-bond donors (Lipinski definition) is 2. The van der Waals surface area contributed by atoms with E-state index < -0.39 is 0 Å². The van der Waals surface area contributed by atoms with Gasteiger partial charge in [-0.2, -0.15) is 4.40 Å². The van der Waals surface area contributed by atoms with Gasteiger partial charge in [0.2, 0.25) is 6.79 Å². The van der Waals surface area contributed by atoms with Crippen molar-refractivity contribution in [3.63, 3.8) is 0 Å². The first-order valence-corrected chi connectivity index (χ1v) is 10.1. The van der Waals surface area contributed by atoms with E-state index in [1.165, 1.54) is 43.5 Å². The maximum Gasteiger partial charge on any atom is 0.368 e. The summed E-state index contributed by atoms with van der Waals surface area (Å²) in [5.41, 5.74) is 4.71. The van der Waals surface area contributed by atoms with E-state index in [4.69, 9.17) is 9.47 Å². The molecule has 0 radical (unpaired) electrons. The molecular weight excluding hydrogens is 352 g/mol. The molecule has 0 bridgehead atoms. The van der Waals surface area contributed by atoms with Crippen LogP contribution in [0.25, 0.3) is 28.1 Å². The maximum absolute atomic E-state index is 5.55. The standard InChI is InChI=1S/C22H22N4O2/c1-2-6-19-18(5-1)25(12-11-24-9-3-4-10-24)22-23-17(14-26(19)22)16-7-8-20-21(13-16)28-15-27-20/h1-2,5-8,13-14H,3-4,9-12,15H2/p+2. The zero-order chi connectivity index (χ0) is 18.5. The zero-order valence-electron chi connectivity index (χ0n) is 15.8. The van der Waals surface area contributed by atoms with Crippen molar-refractivity contribution in [1.29, 1.82) is 0 Å². The molecule has 6 nitrogen and oxygen atoms in total. The lowest BCUT2D eigenvalue weighted by atomic mass is 10.1. The number of para-hydroxylation sites is 2. The van der Waals surface area contributed by atoms with Crippen LogP contribution in [0.4, 0.5) is 0 Å². The van der Waals surface area contributed by atoms with Crippen molar-refractivity contribution in [2.75, 3.05) is 26.4 Å². The van der Waals surface area contributed by atoms with E-state index in [1.807, 2.05) is 6.07 Å². The van der Waals surface area contributed by atoms with Crippen molar-refractivity contribution in [2.45, 2.75) is 19.4 Å². The molecule has 2 aliphatic heterocycles. The number of nitrogens with zero attached hydrogens (tertiary/aromatic N) is 2. The fraction of sp³-hybridized carbons (Fsp3) is 0.318. The van der Waals surface area contributed by atoms with E-state index in [1.54, 1.807) is 4.90 Å². The van der Waals surface area contributed by atoms with Crippen LogP contribution in [-0.4, -0.2) is 35.8 Å². The molecule has 2 aromatic heterocycles. The van der Waals surface area contributed by atoms with E-state index in [-0.39, 0.29) is 0 Å². The van der Waals surface area contributed by atoms with E-state index in [0.29, 0.717) is 6.79 Å². The summed E-state index contributed by atoms with van der Waals surface area (Å²) in [5.74, 6) is 2.76. The van der Waals surface area contributed by atoms with E-state index in [0.717, 1.165) is 35.1 Å². The second kappa shape index (κ2) is 6.27. The molecule has 1 saturated heterocycles. The Morgan fingerprint density at radius 3 is 2.82 bits per heavy atom. The minimum atomic E-state index is 0.300. The summed E-state index contributed by atoms with van der Waals surface area (Å²) in [5, 5.41) is 0. The Balaban J connectivity index is 1.44. The molecule has 28 heavy (non-hydrogen) atoms. The molecule has 2 N–H and O–H groups in total. The smallest absolute Gasteiger partial charge is 0.368 e. The van der Waals surface area contributed by atoms with E-state index in [2.05, 4.69) is 56.5 Å². The van der Waals surface area contributed by atoms with Gasteiger partial charge in [-0.1, -0.05) is 12.1 Å². The van der Waals surface area contributed by atoms with Crippen LogP contribution >= 0.6 is 0 Å². The normalized spacial score (nSPS) is 16.6. The van der Waals surface area contributed by atoms with Gasteiger partial charge in [-0.15, -0.1) is 0 Å². The number of benzene rings is 2. The lowest BCUT2D eigenvalue weighted by Crippen LogP contribution is -3.10. The SMILES string of the molecule is c1ccc2c(c1)n1cc(-c3ccc4c(c3)OCO4)[nH]c1[n+]2CC[NH+]1CCCC1. The van der Waals surface area contributed by atoms with Crippen LogP contribution in [0.15, 0.2) is 48.7 Å². The highest BCUT2D eigenvalue weighted by Gasteiger charge is 2.24. The minimum Gasteiger partial charge on any atom is -0.454 e. The molecule has 2 aromatic carbocycles. The van der Waals surface area contributed by atoms with Gasteiger partial charge in [0.15, 0.2) is 11.5 Å². The molecule has 6 heteroatoms. The molecule has 0 unspecified atom stereocenters. The Bertz CT molecular complexity index is 1170. The fourth-order valence-corrected chi connectivity index (χ4v) is 4.63. The van der Waals surface area contributed by atoms with Crippen LogP contribution in [-0.2, 0) is 6.54 Å². The molecular formula is C22H24N4O2+2. The van der Waals surface area contributed by atoms with Gasteiger partial charge in [0.25, 0.3) is 0 Å². The van der Waals surface area contributed by atoms with Gasteiger partial charge in [0, 0.05) is 18.4 Å². The van der Waals surface area contributed by atoms with Crippen LogP contribution in [0.3, 0.4) is 0 Å². The molecule has 142 valence electrons. The molecule has 0 atom stereocenters. The van der Waals surface area contributed by atoms with E-state index >= 15 is 0 Å². The number of nitrogens with one attached hydrogen (secondary N) is 2. The Morgan fingerprint density at radius 1 is 1.04 bits per heavy atom. The summed E-state index contributed by atoms with van der Waals surface area (Å²) in [7, 11) is 0. The van der Waals surface area contributed by atoms with E-state index in [9.17, 15) is 0 Å². The summed E-state index contributed by atoms with van der Waals surface area (Å²) in [6.07, 6.45) is 4.92. The fourth-order valence-electron chi connectivity index (χ4n) is 4.63. The number of likely N-dealkylation sites (tertiary alicyclic amines) is 1. The van der Waals surface area contributed by atoms with Crippen LogP contribution in [0.1, 0.15) is 12.8 Å². The first-order chi connectivity index (χ1) is 13.9. The molecule has 6 rings (SSSR count). The molecule has 1 fully saturated rings. The van der Waals surface area contributed by atoms with Crippen LogP contribution in [0.5, 0.6) is 11.5 Å². The number of rotatable bonds is 4. The van der Waals surface area contributed by atoms with Gasteiger partial charge in [-0.05, 0) is 30.3 Å². The third-order valence-electron chi connectivity index (χ3n) is 6.10.